The van der Waals surface area contributed by atoms with E-state index in [4.69, 9.17) is 23.2 Å². The fourth-order valence-corrected chi connectivity index (χ4v) is 5.76. The molecule has 2 heterocycles. The monoisotopic (exact) mass is 506 g/mol. The van der Waals surface area contributed by atoms with Gasteiger partial charge in [0.2, 0.25) is 0 Å². The van der Waals surface area contributed by atoms with Crippen LogP contribution in [0.2, 0.25) is 10.0 Å². The van der Waals surface area contributed by atoms with E-state index in [1.54, 1.807) is 11.3 Å². The Morgan fingerprint density at radius 2 is 1.88 bits per heavy atom. The molecular weight excluding hydrogens is 488 g/mol. The molecule has 0 radical (unpaired) electrons. The Morgan fingerprint density at radius 3 is 2.64 bits per heavy atom. The van der Waals surface area contributed by atoms with Crippen molar-refractivity contribution in [2.24, 2.45) is 0 Å². The maximum Gasteiger partial charge on any atom is 0.129 e. The van der Waals surface area contributed by atoms with Gasteiger partial charge in [-0.05, 0) is 70.8 Å². The highest BCUT2D eigenvalue weighted by molar-refractivity contribution is 14.1. The number of piperidine rings is 1. The number of hydrogen-bond donors (Lipinski definition) is 2. The maximum atomic E-state index is 11.0. The molecule has 1 fully saturated rings. The number of likely N-dealkylation sites (tertiary alicyclic amines) is 1. The van der Waals surface area contributed by atoms with Crippen LogP contribution in [-0.2, 0) is 0 Å². The molecule has 0 spiro atoms. The predicted octanol–water partition coefficient (Wildman–Crippen LogP) is 5.07. The summed E-state index contributed by atoms with van der Waals surface area (Å²) >= 11 is 16.8. The molecule has 1 aliphatic heterocycles. The van der Waals surface area contributed by atoms with E-state index in [1.165, 1.54) is 24.2 Å². The zero-order valence-corrected chi connectivity index (χ0v) is 18.1. The third kappa shape index (κ3) is 3.42. The number of benzene rings is 2. The molecule has 2 N–H and O–H groups in total. The van der Waals surface area contributed by atoms with Gasteiger partial charge in [-0.15, -0.1) is 11.3 Å². The molecule has 4 rings (SSSR count). The van der Waals surface area contributed by atoms with E-state index < -0.39 is 6.10 Å². The van der Waals surface area contributed by atoms with Crippen molar-refractivity contribution in [2.75, 3.05) is 19.6 Å². The summed E-state index contributed by atoms with van der Waals surface area (Å²) in [6, 6.07) is 6.17. The van der Waals surface area contributed by atoms with Crippen LogP contribution >= 0.6 is 57.1 Å². The fourth-order valence-electron chi connectivity index (χ4n) is 3.83. The zero-order valence-electron chi connectivity index (χ0n) is 13.6. The summed E-state index contributed by atoms with van der Waals surface area (Å²) in [4.78, 5) is 1.50. The van der Waals surface area contributed by atoms with Crippen molar-refractivity contribution in [1.82, 2.24) is 0 Å². The number of rotatable bonds is 3. The van der Waals surface area contributed by atoms with Crippen LogP contribution in [0.25, 0.3) is 20.9 Å². The van der Waals surface area contributed by atoms with Crippen molar-refractivity contribution in [3.63, 3.8) is 0 Å². The van der Waals surface area contributed by atoms with E-state index in [0.717, 1.165) is 49.6 Å². The molecule has 0 aliphatic carbocycles. The second-order valence-corrected chi connectivity index (χ2v) is 9.52. The first-order chi connectivity index (χ1) is 12.1. The lowest BCUT2D eigenvalue weighted by Crippen LogP contribution is -3.13. The van der Waals surface area contributed by atoms with Crippen LogP contribution in [-0.4, -0.2) is 24.7 Å². The van der Waals surface area contributed by atoms with Crippen LogP contribution in [0, 0.1) is 3.57 Å². The molecule has 25 heavy (non-hydrogen) atoms. The highest BCUT2D eigenvalue weighted by Gasteiger charge is 2.23. The number of fused-ring (bicyclic) bond motifs is 3. The Balaban J connectivity index is 1.83. The Bertz CT molecular complexity index is 936. The highest BCUT2D eigenvalue weighted by Crippen LogP contribution is 2.41. The van der Waals surface area contributed by atoms with Crippen molar-refractivity contribution >= 4 is 78.0 Å². The van der Waals surface area contributed by atoms with Gasteiger partial charge in [-0.2, -0.15) is 0 Å². The highest BCUT2D eigenvalue weighted by atomic mass is 127. The summed E-state index contributed by atoms with van der Waals surface area (Å²) < 4.78 is 2.01. The quantitative estimate of drug-likeness (QED) is 0.376. The number of aliphatic hydroxyl groups is 1. The standard InChI is InChI=1S/C19H18Cl2INOS/c20-15-9-12-11-4-7-25-19(11)14(8-13(12)17(21)18(15)22)16(24)10-23-5-2-1-3-6-23/h4,7-9,16,24H,1-3,5-6,10H2/p+1. The van der Waals surface area contributed by atoms with Gasteiger partial charge in [-0.25, -0.2) is 0 Å². The van der Waals surface area contributed by atoms with Gasteiger partial charge in [-0.3, -0.25) is 0 Å². The lowest BCUT2D eigenvalue weighted by Gasteiger charge is -2.26. The molecule has 1 saturated heterocycles. The van der Waals surface area contributed by atoms with Crippen molar-refractivity contribution in [3.05, 3.63) is 42.8 Å². The summed E-state index contributed by atoms with van der Waals surface area (Å²) in [6.07, 6.45) is 3.37. The van der Waals surface area contributed by atoms with E-state index in [2.05, 4.69) is 40.1 Å². The summed E-state index contributed by atoms with van der Waals surface area (Å²) in [5, 5.41) is 17.6. The first kappa shape index (κ1) is 18.3. The molecular formula is C19H19Cl2INOS+. The van der Waals surface area contributed by atoms with E-state index in [9.17, 15) is 5.11 Å². The van der Waals surface area contributed by atoms with Gasteiger partial charge in [0.05, 0.1) is 26.7 Å². The smallest absolute Gasteiger partial charge is 0.129 e. The second kappa shape index (κ2) is 7.49. The summed E-state index contributed by atoms with van der Waals surface area (Å²) in [6.45, 7) is 3.08. The normalized spacial score (nSPS) is 17.4. The average molecular weight is 507 g/mol. The first-order valence-corrected chi connectivity index (χ1v) is 11.3. The van der Waals surface area contributed by atoms with E-state index in [-0.39, 0.29) is 0 Å². The van der Waals surface area contributed by atoms with Gasteiger partial charge in [0.15, 0.2) is 0 Å². The van der Waals surface area contributed by atoms with Crippen molar-refractivity contribution < 1.29 is 10.0 Å². The summed E-state index contributed by atoms with van der Waals surface area (Å²) in [7, 11) is 0. The van der Waals surface area contributed by atoms with Crippen LogP contribution in [0.3, 0.4) is 0 Å². The van der Waals surface area contributed by atoms with Crippen LogP contribution in [0.5, 0.6) is 0 Å². The zero-order chi connectivity index (χ0) is 17.6. The van der Waals surface area contributed by atoms with Crippen molar-refractivity contribution in [3.8, 4) is 0 Å². The molecule has 0 amide bonds. The molecule has 6 heteroatoms. The molecule has 132 valence electrons. The molecule has 2 aromatic carbocycles. The SMILES string of the molecule is OC(C[NH+]1CCCCC1)c1cc2c(Cl)c(I)c(Cl)cc2c2ccsc12. The molecule has 0 saturated carbocycles. The Hall–Kier alpha value is -0.110. The number of aliphatic hydroxyl groups excluding tert-OH is 1. The minimum absolute atomic E-state index is 0.469. The lowest BCUT2D eigenvalue weighted by atomic mass is 9.99. The van der Waals surface area contributed by atoms with Gasteiger partial charge >= 0.3 is 0 Å². The van der Waals surface area contributed by atoms with Gasteiger partial charge in [0.1, 0.15) is 12.6 Å². The van der Waals surface area contributed by atoms with Gasteiger partial charge in [-0.1, -0.05) is 23.2 Å². The van der Waals surface area contributed by atoms with Gasteiger partial charge < -0.3 is 10.0 Å². The molecule has 1 atom stereocenters. The molecule has 1 aliphatic rings. The molecule has 2 nitrogen and oxygen atoms in total. The third-order valence-electron chi connectivity index (χ3n) is 5.12. The summed E-state index contributed by atoms with van der Waals surface area (Å²) in [5.41, 5.74) is 0.996. The van der Waals surface area contributed by atoms with Gasteiger partial charge in [0, 0.05) is 21.0 Å². The van der Waals surface area contributed by atoms with Crippen LogP contribution < -0.4 is 4.90 Å². The van der Waals surface area contributed by atoms with E-state index in [1.807, 2.05) is 6.07 Å². The van der Waals surface area contributed by atoms with Crippen molar-refractivity contribution in [1.29, 1.82) is 0 Å². The fraction of sp³-hybridized carbons (Fsp3) is 0.368. The van der Waals surface area contributed by atoms with E-state index in [0.29, 0.717) is 10.0 Å². The van der Waals surface area contributed by atoms with Crippen LogP contribution in [0.4, 0.5) is 0 Å². The van der Waals surface area contributed by atoms with E-state index >= 15 is 0 Å². The Labute approximate surface area is 174 Å². The Kier molecular flexibility index (Phi) is 5.47. The number of nitrogens with one attached hydrogen (secondary N) is 1. The number of halogens is 3. The Morgan fingerprint density at radius 1 is 1.12 bits per heavy atom. The van der Waals surface area contributed by atoms with Gasteiger partial charge in [0.25, 0.3) is 0 Å². The third-order valence-corrected chi connectivity index (χ3v) is 8.53. The number of hydrogen-bond acceptors (Lipinski definition) is 2. The second-order valence-electron chi connectivity index (χ2n) is 6.74. The molecule has 0 bridgehead atoms. The topological polar surface area (TPSA) is 24.7 Å². The maximum absolute atomic E-state index is 11.0. The lowest BCUT2D eigenvalue weighted by molar-refractivity contribution is -0.908. The molecule has 3 aromatic rings. The first-order valence-electron chi connectivity index (χ1n) is 8.55. The molecule has 1 unspecified atom stereocenters. The summed E-state index contributed by atoms with van der Waals surface area (Å²) in [5.74, 6) is 0. The minimum Gasteiger partial charge on any atom is -0.382 e. The van der Waals surface area contributed by atoms with Crippen LogP contribution in [0.15, 0.2) is 23.6 Å². The minimum atomic E-state index is -0.469. The van der Waals surface area contributed by atoms with Crippen LogP contribution in [0.1, 0.15) is 30.9 Å². The predicted molar refractivity (Wildman–Crippen MR) is 116 cm³/mol. The number of thiophene rings is 1. The molecule has 1 aromatic heterocycles. The average Bonchev–Trinajstić information content (AvgIpc) is 3.10. The number of quaternary nitrogens is 1. The largest absolute Gasteiger partial charge is 0.382 e. The van der Waals surface area contributed by atoms with Crippen molar-refractivity contribution in [2.45, 2.75) is 25.4 Å².